The van der Waals surface area contributed by atoms with Gasteiger partial charge in [-0.1, -0.05) is 35.4 Å². The minimum atomic E-state index is -0.447. The molecular weight excluding hydrogens is 460 g/mol. The SMILES string of the molecule is Cc1ccc(Oc2ccc(OC(C)(C)CC(C)(C)Oc3ccc(Oc4ccc(C)cc4)cc3)cc2)cc1. The number of rotatable bonds is 10. The van der Waals surface area contributed by atoms with Gasteiger partial charge in [-0.3, -0.25) is 0 Å². The van der Waals surface area contributed by atoms with Gasteiger partial charge in [0.1, 0.15) is 45.7 Å². The monoisotopic (exact) mass is 496 g/mol. The van der Waals surface area contributed by atoms with Crippen molar-refractivity contribution in [1.82, 2.24) is 0 Å². The van der Waals surface area contributed by atoms with Gasteiger partial charge >= 0.3 is 0 Å². The Balaban J connectivity index is 1.31. The summed E-state index contributed by atoms with van der Waals surface area (Å²) in [5.41, 5.74) is 1.51. The smallest absolute Gasteiger partial charge is 0.127 e. The van der Waals surface area contributed by atoms with Crippen molar-refractivity contribution >= 4 is 0 Å². The van der Waals surface area contributed by atoms with Crippen molar-refractivity contribution in [1.29, 1.82) is 0 Å². The third kappa shape index (κ3) is 8.04. The molecule has 0 amide bonds. The van der Waals surface area contributed by atoms with E-state index in [4.69, 9.17) is 18.9 Å². The molecule has 37 heavy (non-hydrogen) atoms. The Morgan fingerprint density at radius 1 is 0.405 bits per heavy atom. The van der Waals surface area contributed by atoms with Crippen LogP contribution in [0.2, 0.25) is 0 Å². The molecule has 0 fully saturated rings. The Hall–Kier alpha value is -3.92. The molecule has 4 aromatic carbocycles. The summed E-state index contributed by atoms with van der Waals surface area (Å²) in [4.78, 5) is 0. The minimum Gasteiger partial charge on any atom is -0.488 e. The van der Waals surface area contributed by atoms with Crippen LogP contribution in [0.4, 0.5) is 0 Å². The van der Waals surface area contributed by atoms with Crippen molar-refractivity contribution in [2.45, 2.75) is 59.2 Å². The lowest BCUT2D eigenvalue weighted by Gasteiger charge is -2.35. The first-order valence-electron chi connectivity index (χ1n) is 12.6. The molecule has 0 N–H and O–H groups in total. The number of benzene rings is 4. The molecule has 4 heteroatoms. The molecule has 0 aliphatic carbocycles. The second-order valence-corrected chi connectivity index (χ2v) is 10.7. The highest BCUT2D eigenvalue weighted by atomic mass is 16.5. The second kappa shape index (κ2) is 11.0. The molecular formula is C33H36O4. The lowest BCUT2D eigenvalue weighted by molar-refractivity contribution is 0.00500. The summed E-state index contributed by atoms with van der Waals surface area (Å²) >= 11 is 0. The van der Waals surface area contributed by atoms with E-state index in [1.165, 1.54) is 11.1 Å². The van der Waals surface area contributed by atoms with Gasteiger partial charge in [0.2, 0.25) is 0 Å². The molecule has 0 aliphatic rings. The zero-order valence-electron chi connectivity index (χ0n) is 22.6. The van der Waals surface area contributed by atoms with E-state index < -0.39 is 11.2 Å². The number of aryl methyl sites for hydroxylation is 2. The van der Waals surface area contributed by atoms with Crippen LogP contribution >= 0.6 is 0 Å². The highest BCUT2D eigenvalue weighted by molar-refractivity contribution is 5.38. The van der Waals surface area contributed by atoms with Gasteiger partial charge in [0.25, 0.3) is 0 Å². The maximum atomic E-state index is 6.33. The average Bonchev–Trinajstić information content (AvgIpc) is 2.83. The van der Waals surface area contributed by atoms with Crippen LogP contribution < -0.4 is 18.9 Å². The van der Waals surface area contributed by atoms with E-state index >= 15 is 0 Å². The van der Waals surface area contributed by atoms with Crippen LogP contribution in [0, 0.1) is 13.8 Å². The van der Waals surface area contributed by atoms with Crippen molar-refractivity contribution in [2.75, 3.05) is 0 Å². The van der Waals surface area contributed by atoms with Crippen LogP contribution in [0.25, 0.3) is 0 Å². The summed E-state index contributed by atoms with van der Waals surface area (Å²) in [6, 6.07) is 31.4. The molecule has 4 nitrogen and oxygen atoms in total. The van der Waals surface area contributed by atoms with Crippen LogP contribution in [-0.2, 0) is 0 Å². The summed E-state index contributed by atoms with van der Waals surface area (Å²) in [7, 11) is 0. The van der Waals surface area contributed by atoms with Crippen LogP contribution in [0.1, 0.15) is 45.2 Å². The van der Waals surface area contributed by atoms with Crippen LogP contribution in [0.15, 0.2) is 97.1 Å². The van der Waals surface area contributed by atoms with E-state index in [0.29, 0.717) is 6.42 Å². The Kier molecular flexibility index (Phi) is 7.77. The standard InChI is InChI=1S/C33H36O4/c1-24-7-11-26(12-8-24)34-28-15-19-30(20-16-28)36-32(3,4)23-33(5,6)37-31-21-17-29(18-22-31)35-27-13-9-25(2)10-14-27/h7-22H,23H2,1-6H3. The van der Waals surface area contributed by atoms with Crippen molar-refractivity contribution in [3.05, 3.63) is 108 Å². The van der Waals surface area contributed by atoms with Gasteiger partial charge in [0, 0.05) is 6.42 Å². The molecule has 0 heterocycles. The van der Waals surface area contributed by atoms with Crippen molar-refractivity contribution in [3.63, 3.8) is 0 Å². The second-order valence-electron chi connectivity index (χ2n) is 10.7. The molecule has 0 atom stereocenters. The quantitative estimate of drug-likeness (QED) is 0.219. The summed E-state index contributed by atoms with van der Waals surface area (Å²) in [6.45, 7) is 12.4. The lowest BCUT2D eigenvalue weighted by atomic mass is 9.92. The molecule has 192 valence electrons. The Morgan fingerprint density at radius 2 is 0.649 bits per heavy atom. The minimum absolute atomic E-state index is 0.447. The molecule has 4 aromatic rings. The van der Waals surface area contributed by atoms with Gasteiger partial charge in [0.05, 0.1) is 0 Å². The maximum absolute atomic E-state index is 6.33. The van der Waals surface area contributed by atoms with E-state index in [2.05, 4.69) is 41.5 Å². The summed E-state index contributed by atoms with van der Waals surface area (Å²) in [6.07, 6.45) is 0.684. The molecule has 0 aliphatic heterocycles. The molecule has 0 saturated carbocycles. The summed E-state index contributed by atoms with van der Waals surface area (Å²) in [5, 5.41) is 0. The topological polar surface area (TPSA) is 36.9 Å². The first kappa shape index (κ1) is 26.2. The first-order valence-corrected chi connectivity index (χ1v) is 12.6. The van der Waals surface area contributed by atoms with Gasteiger partial charge in [-0.25, -0.2) is 0 Å². The summed E-state index contributed by atoms with van der Waals surface area (Å²) < 4.78 is 24.5. The van der Waals surface area contributed by atoms with Gasteiger partial charge in [-0.05, 0) is 114 Å². The van der Waals surface area contributed by atoms with Gasteiger partial charge in [-0.15, -0.1) is 0 Å². The Bertz CT molecular complexity index is 1170. The highest BCUT2D eigenvalue weighted by Gasteiger charge is 2.32. The van der Waals surface area contributed by atoms with Crippen LogP contribution in [-0.4, -0.2) is 11.2 Å². The molecule has 0 unspecified atom stereocenters. The van der Waals surface area contributed by atoms with E-state index in [1.807, 2.05) is 97.1 Å². The average molecular weight is 497 g/mol. The summed E-state index contributed by atoms with van der Waals surface area (Å²) in [5.74, 6) is 4.74. The zero-order valence-corrected chi connectivity index (χ0v) is 22.6. The van der Waals surface area contributed by atoms with Gasteiger partial charge in [-0.2, -0.15) is 0 Å². The van der Waals surface area contributed by atoms with E-state index in [-0.39, 0.29) is 0 Å². The van der Waals surface area contributed by atoms with Crippen molar-refractivity contribution in [2.24, 2.45) is 0 Å². The van der Waals surface area contributed by atoms with Gasteiger partial charge < -0.3 is 18.9 Å². The molecule has 0 spiro atoms. The number of hydrogen-bond donors (Lipinski definition) is 0. The fourth-order valence-corrected chi connectivity index (χ4v) is 4.37. The van der Waals surface area contributed by atoms with Crippen LogP contribution in [0.5, 0.6) is 34.5 Å². The third-order valence-electron chi connectivity index (χ3n) is 5.80. The van der Waals surface area contributed by atoms with E-state index in [9.17, 15) is 0 Å². The molecule has 0 saturated heterocycles. The Morgan fingerprint density at radius 3 is 0.946 bits per heavy atom. The van der Waals surface area contributed by atoms with E-state index in [0.717, 1.165) is 34.5 Å². The van der Waals surface area contributed by atoms with Gasteiger partial charge in [0.15, 0.2) is 0 Å². The fraction of sp³-hybridized carbons (Fsp3) is 0.273. The third-order valence-corrected chi connectivity index (χ3v) is 5.80. The molecule has 0 bridgehead atoms. The first-order chi connectivity index (χ1) is 17.6. The van der Waals surface area contributed by atoms with E-state index in [1.54, 1.807) is 0 Å². The number of hydrogen-bond acceptors (Lipinski definition) is 4. The normalized spacial score (nSPS) is 11.6. The highest BCUT2D eigenvalue weighted by Crippen LogP contribution is 2.32. The van der Waals surface area contributed by atoms with Crippen molar-refractivity contribution < 1.29 is 18.9 Å². The predicted octanol–water partition coefficient (Wildman–Crippen LogP) is 9.29. The molecule has 0 aromatic heterocycles. The predicted molar refractivity (Wildman–Crippen MR) is 149 cm³/mol. The number of ether oxygens (including phenoxy) is 4. The zero-order chi connectivity index (χ0) is 26.5. The largest absolute Gasteiger partial charge is 0.488 e. The lowest BCUT2D eigenvalue weighted by Crippen LogP contribution is -2.41. The fourth-order valence-electron chi connectivity index (χ4n) is 4.37. The Labute approximate surface area is 220 Å². The van der Waals surface area contributed by atoms with Crippen LogP contribution in [0.3, 0.4) is 0 Å². The van der Waals surface area contributed by atoms with Crippen molar-refractivity contribution in [3.8, 4) is 34.5 Å². The molecule has 4 rings (SSSR count). The maximum Gasteiger partial charge on any atom is 0.127 e. The molecule has 0 radical (unpaired) electrons.